The minimum Gasteiger partial charge on any atom is -0.507 e. The number of carbonyl (C=O) groups is 1. The van der Waals surface area contributed by atoms with E-state index in [0.29, 0.717) is 12.1 Å². The summed E-state index contributed by atoms with van der Waals surface area (Å²) in [5.74, 6) is 0.867. The van der Waals surface area contributed by atoms with Crippen LogP contribution < -0.4 is 10.1 Å². The van der Waals surface area contributed by atoms with Crippen molar-refractivity contribution in [2.24, 2.45) is 5.92 Å². The van der Waals surface area contributed by atoms with Crippen LogP contribution in [0.5, 0.6) is 11.5 Å². The summed E-state index contributed by atoms with van der Waals surface area (Å²) in [7, 11) is 0. The standard InChI is InChI=1S/C28H36N2O3/c1-5-6-7-10-20-15-23-25(21-14-18(2)11-12-22(21)28(3,4)33-23)26(31)24(20)27(32)30-17-19-9-8-13-29-16-19/h8-9,13-16,21-22,31H,5-7,10-12,17H2,1-4H3,(H,30,32). The van der Waals surface area contributed by atoms with E-state index in [0.717, 1.165) is 61.0 Å². The number of benzene rings is 1. The fraction of sp³-hybridized carbons (Fsp3) is 0.500. The fourth-order valence-electron chi connectivity index (χ4n) is 5.40. The van der Waals surface area contributed by atoms with Crippen LogP contribution in [-0.2, 0) is 13.0 Å². The third kappa shape index (κ3) is 4.78. The van der Waals surface area contributed by atoms with E-state index in [2.05, 4.69) is 44.1 Å². The van der Waals surface area contributed by atoms with Gasteiger partial charge in [-0.1, -0.05) is 37.5 Å². The second kappa shape index (κ2) is 9.58. The number of amides is 1. The van der Waals surface area contributed by atoms with Crippen LogP contribution in [0.2, 0.25) is 0 Å². The molecule has 0 fully saturated rings. The van der Waals surface area contributed by atoms with Gasteiger partial charge < -0.3 is 15.2 Å². The molecule has 5 nitrogen and oxygen atoms in total. The zero-order chi connectivity index (χ0) is 23.6. The molecule has 0 saturated heterocycles. The van der Waals surface area contributed by atoms with Gasteiger partial charge in [-0.05, 0) is 69.7 Å². The number of unbranched alkanes of at least 4 members (excludes halogenated alkanes) is 2. The molecule has 2 heterocycles. The van der Waals surface area contributed by atoms with Gasteiger partial charge in [0.2, 0.25) is 0 Å². The van der Waals surface area contributed by atoms with E-state index in [4.69, 9.17) is 4.74 Å². The molecule has 0 radical (unpaired) electrons. The van der Waals surface area contributed by atoms with Gasteiger partial charge in [0.1, 0.15) is 17.1 Å². The highest BCUT2D eigenvalue weighted by Gasteiger charge is 2.46. The highest BCUT2D eigenvalue weighted by molar-refractivity contribution is 5.99. The van der Waals surface area contributed by atoms with E-state index in [1.807, 2.05) is 18.2 Å². The fourth-order valence-corrected chi connectivity index (χ4v) is 5.40. The number of aromatic hydroxyl groups is 1. The van der Waals surface area contributed by atoms with Gasteiger partial charge in [-0.15, -0.1) is 0 Å². The van der Waals surface area contributed by atoms with Gasteiger partial charge in [0.25, 0.3) is 5.91 Å². The Bertz CT molecular complexity index is 1040. The second-order valence-electron chi connectivity index (χ2n) is 10.1. The molecule has 176 valence electrons. The minimum absolute atomic E-state index is 0.0482. The van der Waals surface area contributed by atoms with E-state index in [1.165, 1.54) is 5.57 Å². The molecule has 4 rings (SSSR count). The zero-order valence-corrected chi connectivity index (χ0v) is 20.3. The Hall–Kier alpha value is -2.82. The summed E-state index contributed by atoms with van der Waals surface area (Å²) in [6, 6.07) is 5.79. The molecule has 0 saturated carbocycles. The predicted molar refractivity (Wildman–Crippen MR) is 131 cm³/mol. The van der Waals surface area contributed by atoms with Crippen molar-refractivity contribution in [2.75, 3.05) is 0 Å². The normalized spacial score (nSPS) is 20.8. The molecule has 1 amide bonds. The lowest BCUT2D eigenvalue weighted by atomic mass is 9.67. The summed E-state index contributed by atoms with van der Waals surface area (Å²) < 4.78 is 6.49. The Kier molecular flexibility index (Phi) is 6.78. The van der Waals surface area contributed by atoms with E-state index in [-0.39, 0.29) is 29.1 Å². The van der Waals surface area contributed by atoms with Crippen LogP contribution in [0.15, 0.2) is 42.2 Å². The van der Waals surface area contributed by atoms with E-state index in [9.17, 15) is 9.90 Å². The van der Waals surface area contributed by atoms with Crippen molar-refractivity contribution in [1.29, 1.82) is 0 Å². The van der Waals surface area contributed by atoms with Gasteiger partial charge in [0, 0.05) is 36.3 Å². The first kappa shape index (κ1) is 23.3. The number of hydrogen-bond donors (Lipinski definition) is 2. The van der Waals surface area contributed by atoms with Crippen LogP contribution in [-0.4, -0.2) is 21.6 Å². The number of pyridine rings is 1. The summed E-state index contributed by atoms with van der Waals surface area (Å²) in [5, 5.41) is 14.5. The lowest BCUT2D eigenvalue weighted by Gasteiger charge is -2.46. The Morgan fingerprint density at radius 2 is 2.15 bits per heavy atom. The summed E-state index contributed by atoms with van der Waals surface area (Å²) in [5.41, 5.74) is 3.94. The molecule has 1 aromatic carbocycles. The average molecular weight is 449 g/mol. The van der Waals surface area contributed by atoms with Gasteiger partial charge in [-0.25, -0.2) is 0 Å². The molecule has 2 atom stereocenters. The number of hydrogen-bond acceptors (Lipinski definition) is 4. The lowest BCUT2D eigenvalue weighted by Crippen LogP contribution is -2.45. The van der Waals surface area contributed by atoms with Crippen molar-refractivity contribution in [3.05, 3.63) is 64.5 Å². The van der Waals surface area contributed by atoms with Crippen molar-refractivity contribution in [1.82, 2.24) is 10.3 Å². The number of allylic oxidation sites excluding steroid dienone is 2. The molecule has 1 aromatic heterocycles. The summed E-state index contributed by atoms with van der Waals surface area (Å²) in [6.45, 7) is 8.96. The molecule has 5 heteroatoms. The molecular formula is C28H36N2O3. The molecule has 33 heavy (non-hydrogen) atoms. The highest BCUT2D eigenvalue weighted by Crippen LogP contribution is 2.54. The monoisotopic (exact) mass is 448 g/mol. The Morgan fingerprint density at radius 3 is 2.88 bits per heavy atom. The molecule has 0 spiro atoms. The molecule has 0 bridgehead atoms. The first-order valence-electron chi connectivity index (χ1n) is 12.2. The SMILES string of the molecule is CCCCCc1cc2c(c(O)c1C(=O)NCc1cccnc1)C1C=C(C)CCC1C(C)(C)O2. The number of ether oxygens (including phenoxy) is 1. The van der Waals surface area contributed by atoms with Crippen LogP contribution in [0.1, 0.15) is 92.8 Å². The van der Waals surface area contributed by atoms with Crippen LogP contribution in [0, 0.1) is 5.92 Å². The maximum Gasteiger partial charge on any atom is 0.255 e. The van der Waals surface area contributed by atoms with Crippen molar-refractivity contribution in [3.8, 4) is 11.5 Å². The van der Waals surface area contributed by atoms with Crippen molar-refractivity contribution in [2.45, 2.75) is 84.3 Å². The Morgan fingerprint density at radius 1 is 1.33 bits per heavy atom. The number of nitrogens with zero attached hydrogens (tertiary/aromatic N) is 1. The number of fused-ring (bicyclic) bond motifs is 3. The second-order valence-corrected chi connectivity index (χ2v) is 10.1. The Balaban J connectivity index is 1.75. The van der Waals surface area contributed by atoms with Gasteiger partial charge in [-0.3, -0.25) is 9.78 Å². The topological polar surface area (TPSA) is 71.5 Å². The molecule has 2 unspecified atom stereocenters. The number of phenolic OH excluding ortho intramolecular Hbond substituents is 1. The largest absolute Gasteiger partial charge is 0.507 e. The van der Waals surface area contributed by atoms with E-state index >= 15 is 0 Å². The number of aryl methyl sites for hydroxylation is 1. The number of rotatable bonds is 7. The summed E-state index contributed by atoms with van der Waals surface area (Å²) in [4.78, 5) is 17.5. The number of carbonyl (C=O) groups excluding carboxylic acids is 1. The first-order chi connectivity index (χ1) is 15.8. The summed E-state index contributed by atoms with van der Waals surface area (Å²) in [6.07, 6.45) is 11.6. The van der Waals surface area contributed by atoms with Crippen LogP contribution in [0.4, 0.5) is 0 Å². The van der Waals surface area contributed by atoms with Crippen LogP contribution in [0.3, 0.4) is 0 Å². The number of nitrogens with one attached hydrogen (secondary N) is 1. The van der Waals surface area contributed by atoms with Crippen molar-refractivity contribution >= 4 is 5.91 Å². The third-order valence-corrected chi connectivity index (χ3v) is 7.18. The summed E-state index contributed by atoms with van der Waals surface area (Å²) >= 11 is 0. The average Bonchev–Trinajstić information content (AvgIpc) is 2.77. The maximum absolute atomic E-state index is 13.4. The smallest absolute Gasteiger partial charge is 0.255 e. The van der Waals surface area contributed by atoms with Gasteiger partial charge >= 0.3 is 0 Å². The Labute approximate surface area is 197 Å². The van der Waals surface area contributed by atoms with Gasteiger partial charge in [0.15, 0.2) is 0 Å². The lowest BCUT2D eigenvalue weighted by molar-refractivity contribution is 0.0107. The van der Waals surface area contributed by atoms with E-state index in [1.54, 1.807) is 12.4 Å². The molecule has 1 aliphatic carbocycles. The van der Waals surface area contributed by atoms with Crippen LogP contribution >= 0.6 is 0 Å². The van der Waals surface area contributed by atoms with Crippen LogP contribution in [0.25, 0.3) is 0 Å². The predicted octanol–water partition coefficient (Wildman–Crippen LogP) is 6.06. The first-order valence-corrected chi connectivity index (χ1v) is 12.2. The third-order valence-electron chi connectivity index (χ3n) is 7.18. The number of phenols is 1. The quantitative estimate of drug-likeness (QED) is 0.399. The molecule has 2 aliphatic rings. The molecule has 1 aliphatic heterocycles. The maximum atomic E-state index is 13.4. The minimum atomic E-state index is -0.327. The van der Waals surface area contributed by atoms with Crippen molar-refractivity contribution in [3.63, 3.8) is 0 Å². The highest BCUT2D eigenvalue weighted by atomic mass is 16.5. The molecular weight excluding hydrogens is 412 g/mol. The van der Waals surface area contributed by atoms with Gasteiger partial charge in [-0.2, -0.15) is 0 Å². The van der Waals surface area contributed by atoms with Crippen molar-refractivity contribution < 1.29 is 14.6 Å². The zero-order valence-electron chi connectivity index (χ0n) is 20.3. The number of aromatic nitrogens is 1. The van der Waals surface area contributed by atoms with E-state index < -0.39 is 0 Å². The van der Waals surface area contributed by atoms with Gasteiger partial charge in [0.05, 0.1) is 5.56 Å². The molecule has 2 N–H and O–H groups in total. The molecule has 2 aromatic rings.